The van der Waals surface area contributed by atoms with Crippen LogP contribution in [0.3, 0.4) is 0 Å². The molecule has 1 N–H and O–H groups in total. The molecule has 8 heteroatoms. The number of aromatic nitrogens is 1. The second-order valence-corrected chi connectivity index (χ2v) is 8.88. The lowest BCUT2D eigenvalue weighted by molar-refractivity contribution is 0.0944. The van der Waals surface area contributed by atoms with Crippen molar-refractivity contribution < 1.29 is 23.4 Å². The molecule has 1 aliphatic heterocycles. The minimum Gasteiger partial charge on any atom is -0.493 e. The fraction of sp³-hybridized carbons (Fsp3) is 0.393. The third-order valence-electron chi connectivity index (χ3n) is 6.70. The van der Waals surface area contributed by atoms with Gasteiger partial charge in [-0.25, -0.2) is 4.39 Å². The van der Waals surface area contributed by atoms with Crippen LogP contribution in [0, 0.1) is 19.7 Å². The minimum atomic E-state index is -0.281. The van der Waals surface area contributed by atoms with Crippen molar-refractivity contribution in [2.45, 2.75) is 26.8 Å². The summed E-state index contributed by atoms with van der Waals surface area (Å²) >= 11 is 0. The molecule has 36 heavy (non-hydrogen) atoms. The number of anilines is 1. The van der Waals surface area contributed by atoms with Crippen molar-refractivity contribution in [1.29, 1.82) is 0 Å². The zero-order valence-electron chi connectivity index (χ0n) is 21.4. The summed E-state index contributed by atoms with van der Waals surface area (Å²) in [6.07, 6.45) is 0.633. The Morgan fingerprint density at radius 3 is 2.47 bits per heavy atom. The molecule has 1 aromatic heterocycles. The van der Waals surface area contributed by atoms with Gasteiger partial charge in [0.1, 0.15) is 11.5 Å². The van der Waals surface area contributed by atoms with Gasteiger partial charge >= 0.3 is 0 Å². The van der Waals surface area contributed by atoms with E-state index in [-0.39, 0.29) is 18.3 Å². The van der Waals surface area contributed by atoms with Gasteiger partial charge in [0, 0.05) is 36.5 Å². The Balaban J connectivity index is 1.59. The highest BCUT2D eigenvalue weighted by Gasteiger charge is 2.27. The molecule has 7 nitrogen and oxygen atoms in total. The molecular weight excluding hydrogens is 461 g/mol. The van der Waals surface area contributed by atoms with Crippen LogP contribution in [-0.4, -0.2) is 57.5 Å². The molecule has 1 saturated heterocycles. The van der Waals surface area contributed by atoms with Crippen molar-refractivity contribution in [3.05, 3.63) is 76.4 Å². The number of amides is 1. The second kappa shape index (κ2) is 11.5. The Bertz CT molecular complexity index is 1220. The number of rotatable bonds is 9. The van der Waals surface area contributed by atoms with E-state index in [1.165, 1.54) is 6.07 Å². The van der Waals surface area contributed by atoms with E-state index < -0.39 is 0 Å². The Hall–Kier alpha value is -3.52. The molecule has 4 rings (SSSR count). The summed E-state index contributed by atoms with van der Waals surface area (Å²) in [5.74, 6) is 0.864. The van der Waals surface area contributed by atoms with Gasteiger partial charge in [0.05, 0.1) is 39.7 Å². The number of methoxy groups -OCH3 is 2. The van der Waals surface area contributed by atoms with Crippen molar-refractivity contribution >= 4 is 11.6 Å². The number of nitrogens with zero attached hydrogens (tertiary/aromatic N) is 2. The first-order chi connectivity index (χ1) is 17.4. The normalized spacial score (nSPS) is 13.5. The van der Waals surface area contributed by atoms with Crippen LogP contribution in [0.2, 0.25) is 0 Å². The van der Waals surface area contributed by atoms with Crippen molar-refractivity contribution in [2.24, 2.45) is 0 Å². The first kappa shape index (κ1) is 25.6. The summed E-state index contributed by atoms with van der Waals surface area (Å²) < 4.78 is 32.7. The van der Waals surface area contributed by atoms with E-state index >= 15 is 0 Å². The van der Waals surface area contributed by atoms with Crippen LogP contribution >= 0.6 is 0 Å². The summed E-state index contributed by atoms with van der Waals surface area (Å²) in [5.41, 5.74) is 5.00. The number of morpholine rings is 1. The largest absolute Gasteiger partial charge is 0.493 e. The highest BCUT2D eigenvalue weighted by Crippen LogP contribution is 2.33. The number of ether oxygens (including phenoxy) is 3. The molecule has 1 aliphatic rings. The fourth-order valence-electron chi connectivity index (χ4n) is 4.86. The van der Waals surface area contributed by atoms with Gasteiger partial charge < -0.3 is 29.0 Å². The van der Waals surface area contributed by atoms with Crippen LogP contribution in [0.15, 0.2) is 42.5 Å². The number of carbonyl (C=O) groups excluding carboxylic acids is 1. The fourth-order valence-corrected chi connectivity index (χ4v) is 4.86. The molecule has 0 unspecified atom stereocenters. The Labute approximate surface area is 211 Å². The van der Waals surface area contributed by atoms with Gasteiger partial charge in [-0.1, -0.05) is 24.3 Å². The van der Waals surface area contributed by atoms with Crippen LogP contribution in [0.5, 0.6) is 11.5 Å². The van der Waals surface area contributed by atoms with Gasteiger partial charge in [-0.3, -0.25) is 4.79 Å². The van der Waals surface area contributed by atoms with Crippen molar-refractivity contribution in [2.75, 3.05) is 52.0 Å². The molecule has 2 heterocycles. The van der Waals surface area contributed by atoms with Gasteiger partial charge in [0.15, 0.2) is 11.5 Å². The maximum absolute atomic E-state index is 14.5. The highest BCUT2D eigenvalue weighted by atomic mass is 19.1. The number of benzene rings is 2. The van der Waals surface area contributed by atoms with Crippen molar-refractivity contribution in [3.8, 4) is 11.5 Å². The van der Waals surface area contributed by atoms with Crippen LogP contribution in [0.4, 0.5) is 10.1 Å². The second-order valence-electron chi connectivity index (χ2n) is 8.88. The molecule has 0 radical (unpaired) electrons. The Morgan fingerprint density at radius 2 is 1.78 bits per heavy atom. The molecule has 0 bridgehead atoms. The van der Waals surface area contributed by atoms with Crippen molar-refractivity contribution in [3.63, 3.8) is 0 Å². The lowest BCUT2D eigenvalue weighted by Gasteiger charge is -2.29. The molecule has 0 saturated carbocycles. The van der Waals surface area contributed by atoms with Crippen LogP contribution < -0.4 is 19.7 Å². The van der Waals surface area contributed by atoms with E-state index in [2.05, 4.69) is 10.2 Å². The molecule has 2 aromatic carbocycles. The summed E-state index contributed by atoms with van der Waals surface area (Å²) in [6.45, 7) is 7.50. The van der Waals surface area contributed by atoms with Gasteiger partial charge in [-0.15, -0.1) is 0 Å². The van der Waals surface area contributed by atoms with Crippen LogP contribution in [0.1, 0.15) is 32.9 Å². The molecule has 0 spiro atoms. The first-order valence-corrected chi connectivity index (χ1v) is 12.2. The topological polar surface area (TPSA) is 65.0 Å². The lowest BCUT2D eigenvalue weighted by Crippen LogP contribution is -2.36. The van der Waals surface area contributed by atoms with Gasteiger partial charge in [-0.05, 0) is 44.0 Å². The predicted molar refractivity (Wildman–Crippen MR) is 138 cm³/mol. The number of halogens is 1. The highest BCUT2D eigenvalue weighted by molar-refractivity contribution is 5.96. The monoisotopic (exact) mass is 495 g/mol. The minimum absolute atomic E-state index is 0.174. The smallest absolute Gasteiger partial charge is 0.268 e. The standard InChI is InChI=1S/C28H34FN3O4/c1-19-26(31-13-15-36-16-14-31)20(2)32(18-22-7-5-6-8-23(22)29)27(19)28(33)30-12-11-21-9-10-24(34-3)25(17-21)35-4/h5-10,17H,11-16,18H2,1-4H3,(H,30,33). The van der Waals surface area contributed by atoms with Crippen LogP contribution in [-0.2, 0) is 17.7 Å². The molecule has 3 aromatic rings. The summed E-state index contributed by atoms with van der Waals surface area (Å²) in [6, 6.07) is 12.4. The Kier molecular flexibility index (Phi) is 8.15. The molecule has 0 aliphatic carbocycles. The average Bonchev–Trinajstić information content (AvgIpc) is 3.14. The van der Waals surface area contributed by atoms with Gasteiger partial charge in [-0.2, -0.15) is 0 Å². The Morgan fingerprint density at radius 1 is 1.06 bits per heavy atom. The molecule has 1 fully saturated rings. The lowest BCUT2D eigenvalue weighted by atomic mass is 10.1. The summed E-state index contributed by atoms with van der Waals surface area (Å²) in [4.78, 5) is 15.8. The first-order valence-electron chi connectivity index (χ1n) is 12.2. The van der Waals surface area contributed by atoms with Crippen LogP contribution in [0.25, 0.3) is 0 Å². The SMILES string of the molecule is COc1ccc(CCNC(=O)c2c(C)c(N3CCOCC3)c(C)n2Cc2ccccc2F)cc1OC. The van der Waals surface area contributed by atoms with E-state index in [1.54, 1.807) is 26.4 Å². The molecule has 1 amide bonds. The number of hydrogen-bond donors (Lipinski definition) is 1. The molecule has 0 atom stereocenters. The van der Waals surface area contributed by atoms with E-state index in [9.17, 15) is 9.18 Å². The summed E-state index contributed by atoms with van der Waals surface area (Å²) in [7, 11) is 3.20. The maximum atomic E-state index is 14.5. The van der Waals surface area contributed by atoms with E-state index in [1.807, 2.05) is 42.7 Å². The third-order valence-corrected chi connectivity index (χ3v) is 6.70. The number of nitrogens with one attached hydrogen (secondary N) is 1. The zero-order chi connectivity index (χ0) is 25.7. The van der Waals surface area contributed by atoms with Gasteiger partial charge in [0.2, 0.25) is 0 Å². The van der Waals surface area contributed by atoms with Crippen molar-refractivity contribution in [1.82, 2.24) is 9.88 Å². The predicted octanol–water partition coefficient (Wildman–Crippen LogP) is 4.12. The molecule has 192 valence electrons. The van der Waals surface area contributed by atoms with E-state index in [0.29, 0.717) is 48.9 Å². The average molecular weight is 496 g/mol. The molecular formula is C28H34FN3O4. The zero-order valence-corrected chi connectivity index (χ0v) is 21.4. The third kappa shape index (κ3) is 5.33. The number of hydrogen-bond acceptors (Lipinski definition) is 5. The maximum Gasteiger partial charge on any atom is 0.268 e. The van der Waals surface area contributed by atoms with E-state index in [0.717, 1.165) is 35.6 Å². The quantitative estimate of drug-likeness (QED) is 0.484. The van der Waals surface area contributed by atoms with Gasteiger partial charge in [0.25, 0.3) is 5.91 Å². The van der Waals surface area contributed by atoms with E-state index in [4.69, 9.17) is 14.2 Å². The number of carbonyl (C=O) groups is 1. The summed E-state index contributed by atoms with van der Waals surface area (Å²) in [5, 5.41) is 3.07.